The van der Waals surface area contributed by atoms with Gasteiger partial charge in [-0.15, -0.1) is 0 Å². The normalized spacial score (nSPS) is 17.8. The van der Waals surface area contributed by atoms with Gasteiger partial charge in [0.05, 0.1) is 22.8 Å². The molecule has 0 aliphatic carbocycles. The standard InChI is InChI=1S/C20H22Cl2N2O2/c21-17-8-7-16(13-18(17)22)20(25)23-9-4-10-24-11-12-26-19(14-24)15-5-2-1-3-6-15/h1-3,5-8,13,19H,4,9-12,14H2,(H,23,25). The quantitative estimate of drug-likeness (QED) is 0.749. The zero-order valence-corrected chi connectivity index (χ0v) is 16.0. The highest BCUT2D eigenvalue weighted by molar-refractivity contribution is 6.42. The number of nitrogens with one attached hydrogen (secondary N) is 1. The Labute approximate surface area is 164 Å². The summed E-state index contributed by atoms with van der Waals surface area (Å²) in [6.07, 6.45) is 1.00. The molecule has 1 fully saturated rings. The van der Waals surface area contributed by atoms with E-state index in [-0.39, 0.29) is 12.0 Å². The summed E-state index contributed by atoms with van der Waals surface area (Å²) in [6, 6.07) is 15.2. The fourth-order valence-corrected chi connectivity index (χ4v) is 3.32. The van der Waals surface area contributed by atoms with E-state index in [0.717, 1.165) is 32.7 Å². The Morgan fingerprint density at radius 3 is 2.73 bits per heavy atom. The van der Waals surface area contributed by atoms with Gasteiger partial charge in [-0.3, -0.25) is 9.69 Å². The molecular weight excluding hydrogens is 371 g/mol. The first-order chi connectivity index (χ1) is 12.6. The molecule has 2 aromatic carbocycles. The molecule has 138 valence electrons. The summed E-state index contributed by atoms with van der Waals surface area (Å²) in [5, 5.41) is 3.77. The molecule has 1 N–H and O–H groups in total. The Hall–Kier alpha value is -1.59. The number of morpholine rings is 1. The van der Waals surface area contributed by atoms with Gasteiger partial charge in [-0.2, -0.15) is 0 Å². The first-order valence-electron chi connectivity index (χ1n) is 8.75. The molecule has 3 rings (SSSR count). The van der Waals surface area contributed by atoms with E-state index in [4.69, 9.17) is 27.9 Å². The number of rotatable bonds is 6. The molecule has 0 spiro atoms. The molecule has 26 heavy (non-hydrogen) atoms. The van der Waals surface area contributed by atoms with E-state index in [0.29, 0.717) is 22.2 Å². The Balaban J connectivity index is 1.41. The second-order valence-electron chi connectivity index (χ2n) is 6.31. The molecule has 1 amide bonds. The summed E-state index contributed by atoms with van der Waals surface area (Å²) < 4.78 is 5.88. The highest BCUT2D eigenvalue weighted by atomic mass is 35.5. The van der Waals surface area contributed by atoms with Crippen molar-refractivity contribution in [3.63, 3.8) is 0 Å². The Bertz CT molecular complexity index is 740. The molecule has 1 saturated heterocycles. The third-order valence-corrected chi connectivity index (χ3v) is 5.18. The molecule has 1 unspecified atom stereocenters. The van der Waals surface area contributed by atoms with Crippen LogP contribution in [0.3, 0.4) is 0 Å². The number of nitrogens with zero attached hydrogens (tertiary/aromatic N) is 1. The third kappa shape index (κ3) is 5.21. The van der Waals surface area contributed by atoms with E-state index in [1.165, 1.54) is 5.56 Å². The summed E-state index contributed by atoms with van der Waals surface area (Å²) in [7, 11) is 0. The number of hydrogen-bond acceptors (Lipinski definition) is 3. The lowest BCUT2D eigenvalue weighted by molar-refractivity contribution is -0.0301. The number of benzene rings is 2. The summed E-state index contributed by atoms with van der Waals surface area (Å²) in [5.74, 6) is -0.132. The van der Waals surface area contributed by atoms with Gasteiger partial charge in [0.2, 0.25) is 0 Å². The first-order valence-corrected chi connectivity index (χ1v) is 9.51. The van der Waals surface area contributed by atoms with Crippen LogP contribution in [0.15, 0.2) is 48.5 Å². The Morgan fingerprint density at radius 1 is 1.15 bits per heavy atom. The van der Waals surface area contributed by atoms with Crippen LogP contribution in [0.4, 0.5) is 0 Å². The number of ether oxygens (including phenoxy) is 1. The van der Waals surface area contributed by atoms with Crippen molar-refractivity contribution in [3.05, 3.63) is 69.7 Å². The van der Waals surface area contributed by atoms with Crippen molar-refractivity contribution < 1.29 is 9.53 Å². The minimum atomic E-state index is -0.132. The van der Waals surface area contributed by atoms with Crippen LogP contribution in [-0.4, -0.2) is 43.6 Å². The van der Waals surface area contributed by atoms with Crippen molar-refractivity contribution in [2.24, 2.45) is 0 Å². The number of amides is 1. The van der Waals surface area contributed by atoms with Gasteiger partial charge in [-0.05, 0) is 30.2 Å². The van der Waals surface area contributed by atoms with Crippen LogP contribution in [0.5, 0.6) is 0 Å². The van der Waals surface area contributed by atoms with E-state index < -0.39 is 0 Å². The average molecular weight is 393 g/mol. The van der Waals surface area contributed by atoms with E-state index in [1.807, 2.05) is 18.2 Å². The Morgan fingerprint density at radius 2 is 1.96 bits per heavy atom. The number of hydrogen-bond donors (Lipinski definition) is 1. The smallest absolute Gasteiger partial charge is 0.251 e. The number of carbonyl (C=O) groups is 1. The Kier molecular flexibility index (Phi) is 6.92. The van der Waals surface area contributed by atoms with E-state index in [2.05, 4.69) is 22.3 Å². The lowest BCUT2D eigenvalue weighted by Gasteiger charge is -2.33. The lowest BCUT2D eigenvalue weighted by atomic mass is 10.1. The lowest BCUT2D eigenvalue weighted by Crippen LogP contribution is -2.39. The summed E-state index contributed by atoms with van der Waals surface area (Å²) in [5.41, 5.74) is 1.74. The maximum Gasteiger partial charge on any atom is 0.251 e. The van der Waals surface area contributed by atoms with E-state index >= 15 is 0 Å². The highest BCUT2D eigenvalue weighted by Gasteiger charge is 2.21. The molecular formula is C20H22Cl2N2O2. The van der Waals surface area contributed by atoms with Crippen molar-refractivity contribution in [1.82, 2.24) is 10.2 Å². The molecule has 0 bridgehead atoms. The predicted molar refractivity (Wildman–Crippen MR) is 105 cm³/mol. The highest BCUT2D eigenvalue weighted by Crippen LogP contribution is 2.23. The van der Waals surface area contributed by atoms with Gasteiger partial charge in [-0.25, -0.2) is 0 Å². The van der Waals surface area contributed by atoms with Crippen LogP contribution in [0.25, 0.3) is 0 Å². The van der Waals surface area contributed by atoms with Gasteiger partial charge in [0, 0.05) is 31.7 Å². The maximum atomic E-state index is 12.1. The molecule has 0 saturated carbocycles. The third-order valence-electron chi connectivity index (χ3n) is 4.44. The van der Waals surface area contributed by atoms with Crippen LogP contribution in [0, 0.1) is 0 Å². The largest absolute Gasteiger partial charge is 0.371 e. The van der Waals surface area contributed by atoms with Gasteiger partial charge < -0.3 is 10.1 Å². The fourth-order valence-electron chi connectivity index (χ4n) is 3.02. The van der Waals surface area contributed by atoms with Gasteiger partial charge in [0.25, 0.3) is 5.91 Å². The van der Waals surface area contributed by atoms with Gasteiger partial charge >= 0.3 is 0 Å². The second-order valence-corrected chi connectivity index (χ2v) is 7.12. The summed E-state index contributed by atoms with van der Waals surface area (Å²) >= 11 is 11.8. The maximum absolute atomic E-state index is 12.1. The second kappa shape index (κ2) is 9.38. The minimum Gasteiger partial charge on any atom is -0.371 e. The topological polar surface area (TPSA) is 41.6 Å². The summed E-state index contributed by atoms with van der Waals surface area (Å²) in [4.78, 5) is 14.5. The van der Waals surface area contributed by atoms with E-state index in [1.54, 1.807) is 18.2 Å². The molecule has 1 atom stereocenters. The number of halogens is 2. The average Bonchev–Trinajstić information content (AvgIpc) is 2.68. The molecule has 6 heteroatoms. The van der Waals surface area contributed by atoms with Crippen LogP contribution >= 0.6 is 23.2 Å². The fraction of sp³-hybridized carbons (Fsp3) is 0.350. The predicted octanol–water partition coefficient (Wildman–Crippen LogP) is 4.19. The van der Waals surface area contributed by atoms with Crippen LogP contribution in [0.2, 0.25) is 10.0 Å². The monoisotopic (exact) mass is 392 g/mol. The molecule has 0 radical (unpaired) electrons. The minimum absolute atomic E-state index is 0.121. The van der Waals surface area contributed by atoms with Crippen molar-refractivity contribution in [2.45, 2.75) is 12.5 Å². The van der Waals surface area contributed by atoms with E-state index in [9.17, 15) is 4.79 Å². The zero-order valence-electron chi connectivity index (χ0n) is 14.5. The summed E-state index contributed by atoms with van der Waals surface area (Å²) in [6.45, 7) is 4.07. The first kappa shape index (κ1) is 19.2. The van der Waals surface area contributed by atoms with Gasteiger partial charge in [0.15, 0.2) is 0 Å². The molecule has 1 aliphatic rings. The molecule has 0 aromatic heterocycles. The molecule has 1 heterocycles. The van der Waals surface area contributed by atoms with Gasteiger partial charge in [-0.1, -0.05) is 53.5 Å². The molecule has 4 nitrogen and oxygen atoms in total. The molecule has 1 aliphatic heterocycles. The van der Waals surface area contributed by atoms with Gasteiger partial charge in [0.1, 0.15) is 0 Å². The molecule has 2 aromatic rings. The van der Waals surface area contributed by atoms with Crippen LogP contribution in [-0.2, 0) is 4.74 Å². The SMILES string of the molecule is O=C(NCCCN1CCOC(c2ccccc2)C1)c1ccc(Cl)c(Cl)c1. The number of carbonyl (C=O) groups excluding carboxylic acids is 1. The van der Waals surface area contributed by atoms with Crippen LogP contribution in [0.1, 0.15) is 28.4 Å². The van der Waals surface area contributed by atoms with Crippen molar-refractivity contribution >= 4 is 29.1 Å². The van der Waals surface area contributed by atoms with Crippen LogP contribution < -0.4 is 5.32 Å². The zero-order chi connectivity index (χ0) is 18.4. The van der Waals surface area contributed by atoms with Crippen molar-refractivity contribution in [2.75, 3.05) is 32.8 Å². The van der Waals surface area contributed by atoms with Crippen molar-refractivity contribution in [1.29, 1.82) is 0 Å². The van der Waals surface area contributed by atoms with Crippen molar-refractivity contribution in [3.8, 4) is 0 Å².